The lowest BCUT2D eigenvalue weighted by Crippen LogP contribution is -2.66. The Hall–Kier alpha value is -6.23. The molecule has 4 saturated heterocycles. The molecule has 656 valence electrons. The SMILES string of the molecule is CC(=O)N[C@H]1[C@@H]2OC[C@](COCCOCCOCCOCCn3cc(COCC(COCc4cn(CCOCCOCCOCCO)nn4)(COCc4cn(CCOCCOCCOCCOC[C@@]56CO[C@@H](O5)[C@H](NC(C)=O)[C@@H](O)[C@H]6O)nn4)NC(=O)CCCCCNC(=O)CCCCCC(=O)NC(CO)CO)nn3)(O2)[C@H](O)[C@@H]1O. The minimum absolute atomic E-state index is 0.00546. The predicted octanol–water partition coefficient (Wildman–Crippen LogP) is -5.76. The Morgan fingerprint density at radius 3 is 1.18 bits per heavy atom. The first kappa shape index (κ1) is 95.9. The van der Waals surface area contributed by atoms with Gasteiger partial charge in [-0.1, -0.05) is 28.5 Å². The molecule has 0 radical (unpaired) electrons. The molecule has 3 aromatic heterocycles. The van der Waals surface area contributed by atoms with Gasteiger partial charge in [0.1, 0.15) is 70.3 Å². The average Bonchev–Trinajstić information content (AvgIpc) is 1.62. The standard InChI is InChI=1S/C71H122N14O30/c1-52(89)73-61-63(94)65(96)70(50-112-67(61)114-70)48-107-35-33-105-31-29-103-26-22-99-18-14-84-38-55(78-81-84)43-110-46-69(45-109-42-54-37-83(80-77-54)13-17-98-21-25-102-28-24-101-20-16-86,76-60(93)11-7-4-8-12-72-58(91)9-5-3-6-10-59(92)75-57(40-87)41-88)47-111-44-56-39-85(82-79-56)15-19-100-23-27-104-30-32-106-34-36-108-49-71-51-113-68(115-71)62(74-53(2)90)64(95)66(71)97/h37-39,57,61-68,86-88,94-97H,3-36,40-51H2,1-2H3,(H,72,91)(H,73,89)(H,74,90)(H,75,92)(H,76,93)/t61-,62-,63-,64-,65-,66-,67-,68+,69?,70+,71+/m1/s1. The van der Waals surface area contributed by atoms with E-state index in [1.807, 2.05) is 0 Å². The molecule has 4 aliphatic rings. The maximum Gasteiger partial charge on any atom is 0.220 e. The molecule has 7 rings (SSSR count). The summed E-state index contributed by atoms with van der Waals surface area (Å²) < 4.78 is 109. The smallest absolute Gasteiger partial charge is 0.220 e. The summed E-state index contributed by atoms with van der Waals surface area (Å²) in [5, 5.41) is 109. The topological polar surface area (TPSA) is 545 Å². The highest BCUT2D eigenvalue weighted by atomic mass is 16.8. The van der Waals surface area contributed by atoms with Crippen LogP contribution >= 0.6 is 0 Å². The Balaban J connectivity index is 0.849. The summed E-state index contributed by atoms with van der Waals surface area (Å²) in [7, 11) is 0. The van der Waals surface area contributed by atoms with Gasteiger partial charge in [0.15, 0.2) is 12.6 Å². The molecule has 1 unspecified atom stereocenters. The number of aliphatic hydroxyl groups is 7. The summed E-state index contributed by atoms with van der Waals surface area (Å²) >= 11 is 0. The van der Waals surface area contributed by atoms with Crippen molar-refractivity contribution in [3.63, 3.8) is 0 Å². The van der Waals surface area contributed by atoms with E-state index in [-0.39, 0.29) is 169 Å². The van der Waals surface area contributed by atoms with Gasteiger partial charge in [-0.25, -0.2) is 14.0 Å². The zero-order valence-corrected chi connectivity index (χ0v) is 66.0. The molecule has 3 aromatic rings. The lowest BCUT2D eigenvalue weighted by atomic mass is 9.88. The molecule has 4 aliphatic heterocycles. The molecule has 4 bridgehead atoms. The van der Waals surface area contributed by atoms with Gasteiger partial charge in [0.2, 0.25) is 29.5 Å². The first-order chi connectivity index (χ1) is 55.9. The Morgan fingerprint density at radius 1 is 0.461 bits per heavy atom. The van der Waals surface area contributed by atoms with Crippen molar-refractivity contribution in [1.29, 1.82) is 0 Å². The van der Waals surface area contributed by atoms with E-state index < -0.39 is 83.7 Å². The molecule has 0 aliphatic carbocycles. The molecule has 0 saturated carbocycles. The van der Waals surface area contributed by atoms with Crippen LogP contribution in [0, 0.1) is 0 Å². The second-order valence-corrected chi connectivity index (χ2v) is 28.0. The summed E-state index contributed by atoms with van der Waals surface area (Å²) in [5.74, 6) is -1.50. The molecule has 12 N–H and O–H groups in total. The number of nitrogens with one attached hydrogen (secondary N) is 5. The minimum atomic E-state index is -1.35. The number of aromatic nitrogens is 9. The van der Waals surface area contributed by atoms with E-state index in [2.05, 4.69) is 57.5 Å². The van der Waals surface area contributed by atoms with Crippen molar-refractivity contribution in [2.24, 2.45) is 0 Å². The highest BCUT2D eigenvalue weighted by Crippen LogP contribution is 2.39. The second kappa shape index (κ2) is 54.8. The van der Waals surface area contributed by atoms with E-state index in [1.54, 1.807) is 32.6 Å². The number of unbranched alkanes of at least 4 members (excludes halogenated alkanes) is 4. The van der Waals surface area contributed by atoms with Crippen LogP contribution in [-0.2, 0) is 149 Å². The number of hydrogen-bond acceptors (Lipinski definition) is 36. The van der Waals surface area contributed by atoms with Crippen molar-refractivity contribution in [2.45, 2.75) is 183 Å². The second-order valence-electron chi connectivity index (χ2n) is 28.0. The molecular weight excluding hydrogens is 1530 g/mol. The number of ether oxygens (including phenoxy) is 18. The molecule has 44 nitrogen and oxygen atoms in total. The normalized spacial score (nSPS) is 22.2. The average molecular weight is 1650 g/mol. The quantitative estimate of drug-likeness (QED) is 0.0234. The van der Waals surface area contributed by atoms with E-state index in [4.69, 9.17) is 90.4 Å². The van der Waals surface area contributed by atoms with Crippen molar-refractivity contribution in [3.05, 3.63) is 35.7 Å². The fourth-order valence-electron chi connectivity index (χ4n) is 12.3. The van der Waals surface area contributed by atoms with E-state index >= 15 is 0 Å². The summed E-state index contributed by atoms with van der Waals surface area (Å²) in [6.07, 6.45) is 2.17. The van der Waals surface area contributed by atoms with Crippen LogP contribution in [0.4, 0.5) is 0 Å². The van der Waals surface area contributed by atoms with Crippen LogP contribution in [0.2, 0.25) is 0 Å². The molecule has 44 heteroatoms. The summed E-state index contributed by atoms with van der Waals surface area (Å²) in [5.41, 5.74) is -2.38. The molecule has 115 heavy (non-hydrogen) atoms. The molecule has 0 aromatic carbocycles. The number of fused-ring (bicyclic) bond motifs is 4. The van der Waals surface area contributed by atoms with Gasteiger partial charge in [0.25, 0.3) is 0 Å². The first-order valence-electron chi connectivity index (χ1n) is 39.2. The maximum absolute atomic E-state index is 14.1. The van der Waals surface area contributed by atoms with Crippen LogP contribution in [0.3, 0.4) is 0 Å². The van der Waals surface area contributed by atoms with E-state index in [0.717, 1.165) is 0 Å². The third-order valence-electron chi connectivity index (χ3n) is 18.3. The van der Waals surface area contributed by atoms with Crippen molar-refractivity contribution in [1.82, 2.24) is 71.6 Å². The molecule has 4 fully saturated rings. The van der Waals surface area contributed by atoms with Crippen LogP contribution in [0.5, 0.6) is 0 Å². The minimum Gasteiger partial charge on any atom is -0.394 e. The number of hydrogen-bond donors (Lipinski definition) is 12. The lowest BCUT2D eigenvalue weighted by Gasteiger charge is -2.42. The van der Waals surface area contributed by atoms with Crippen molar-refractivity contribution in [2.75, 3.05) is 205 Å². The fourth-order valence-corrected chi connectivity index (χ4v) is 12.3. The Bertz CT molecular complexity index is 3040. The van der Waals surface area contributed by atoms with Crippen molar-refractivity contribution < 1.29 is 145 Å². The number of amides is 5. The van der Waals surface area contributed by atoms with Gasteiger partial charge >= 0.3 is 0 Å². The van der Waals surface area contributed by atoms with E-state index in [0.29, 0.717) is 168 Å². The van der Waals surface area contributed by atoms with E-state index in [9.17, 15) is 54.6 Å². The molecule has 0 spiro atoms. The van der Waals surface area contributed by atoms with Gasteiger partial charge in [-0.3, -0.25) is 24.0 Å². The number of rotatable bonds is 69. The monoisotopic (exact) mass is 1650 g/mol. The predicted molar refractivity (Wildman–Crippen MR) is 393 cm³/mol. The molecular formula is C71H122N14O30. The van der Waals surface area contributed by atoms with Crippen molar-refractivity contribution in [3.8, 4) is 0 Å². The van der Waals surface area contributed by atoms with Crippen LogP contribution in [0.1, 0.15) is 88.7 Å². The molecule has 5 amide bonds. The number of carbonyl (C=O) groups excluding carboxylic acids is 5. The Morgan fingerprint density at radius 2 is 0.809 bits per heavy atom. The Labute approximate surface area is 667 Å². The third-order valence-corrected chi connectivity index (χ3v) is 18.3. The highest BCUT2D eigenvalue weighted by Gasteiger charge is 2.61. The van der Waals surface area contributed by atoms with Gasteiger partial charge in [-0.2, -0.15) is 0 Å². The zero-order valence-electron chi connectivity index (χ0n) is 66.0. The highest BCUT2D eigenvalue weighted by molar-refractivity contribution is 5.77. The molecule has 11 atom stereocenters. The van der Waals surface area contributed by atoms with Crippen LogP contribution in [-0.4, -0.2) is 387 Å². The number of carbonyl (C=O) groups is 5. The summed E-state index contributed by atoms with van der Waals surface area (Å²) in [6, 6.07) is -2.52. The van der Waals surface area contributed by atoms with Crippen LogP contribution < -0.4 is 26.6 Å². The van der Waals surface area contributed by atoms with Gasteiger partial charge in [0.05, 0.1) is 262 Å². The number of aliphatic hydroxyl groups excluding tert-OH is 7. The summed E-state index contributed by atoms with van der Waals surface area (Å²) in [6.45, 7) is 8.61. The van der Waals surface area contributed by atoms with Gasteiger partial charge in [-0.15, -0.1) is 15.3 Å². The van der Waals surface area contributed by atoms with Gasteiger partial charge in [0, 0.05) is 39.7 Å². The summed E-state index contributed by atoms with van der Waals surface area (Å²) in [4.78, 5) is 62.0. The Kier molecular flexibility index (Phi) is 45.7. The molecule has 7 heterocycles. The number of nitrogens with zero attached hydrogens (tertiary/aromatic N) is 9. The maximum atomic E-state index is 14.1. The zero-order chi connectivity index (χ0) is 82.2. The van der Waals surface area contributed by atoms with Crippen molar-refractivity contribution >= 4 is 29.5 Å². The third kappa shape index (κ3) is 35.7. The van der Waals surface area contributed by atoms with E-state index in [1.165, 1.54) is 13.8 Å². The van der Waals surface area contributed by atoms with Gasteiger partial charge in [-0.05, 0) is 25.7 Å². The lowest BCUT2D eigenvalue weighted by molar-refractivity contribution is -0.238. The fraction of sp³-hybridized carbons (Fsp3) is 0.845. The van der Waals surface area contributed by atoms with Crippen LogP contribution in [0.15, 0.2) is 18.6 Å². The first-order valence-corrected chi connectivity index (χ1v) is 39.2. The van der Waals surface area contributed by atoms with Gasteiger partial charge < -0.3 is 148 Å². The van der Waals surface area contributed by atoms with Crippen LogP contribution in [0.25, 0.3) is 0 Å². The largest absolute Gasteiger partial charge is 0.394 e.